The summed E-state index contributed by atoms with van der Waals surface area (Å²) in [6.07, 6.45) is 1.72. The first-order chi connectivity index (χ1) is 10.1. The molecule has 0 fully saturated rings. The third-order valence-corrected chi connectivity index (χ3v) is 3.33. The lowest BCUT2D eigenvalue weighted by atomic mass is 10.1. The molecule has 0 spiro atoms. The first-order valence-electron chi connectivity index (χ1n) is 6.14. The summed E-state index contributed by atoms with van der Waals surface area (Å²) in [5.74, 6) is -0.179. The van der Waals surface area contributed by atoms with Gasteiger partial charge in [0, 0.05) is 23.8 Å². The monoisotopic (exact) mass is 302 g/mol. The van der Waals surface area contributed by atoms with Crippen molar-refractivity contribution in [2.24, 2.45) is 7.05 Å². The van der Waals surface area contributed by atoms with Crippen molar-refractivity contribution < 1.29 is 5.11 Å². The first kappa shape index (κ1) is 13.4. The second kappa shape index (κ2) is 5.06. The molecule has 0 bridgehead atoms. The molecule has 3 rings (SSSR count). The fourth-order valence-electron chi connectivity index (χ4n) is 2.03. The molecule has 3 aromatic rings. The van der Waals surface area contributed by atoms with Gasteiger partial charge in [-0.2, -0.15) is 10.1 Å². The van der Waals surface area contributed by atoms with Gasteiger partial charge in [-0.15, -0.1) is 0 Å². The Morgan fingerprint density at radius 2 is 2.05 bits per heavy atom. The number of nitrogens with one attached hydrogen (secondary N) is 1. The second-order valence-corrected chi connectivity index (χ2v) is 4.87. The lowest BCUT2D eigenvalue weighted by molar-refractivity contribution is 0.454. The quantitative estimate of drug-likeness (QED) is 0.760. The van der Waals surface area contributed by atoms with Gasteiger partial charge in [0.15, 0.2) is 5.82 Å². The van der Waals surface area contributed by atoms with Gasteiger partial charge in [0.2, 0.25) is 5.88 Å². The predicted octanol–water partition coefficient (Wildman–Crippen LogP) is 2.20. The smallest absolute Gasteiger partial charge is 0.263 e. The lowest BCUT2D eigenvalue weighted by Crippen LogP contribution is -2.12. The maximum Gasteiger partial charge on any atom is 0.263 e. The molecule has 0 atom stereocenters. The molecule has 0 aliphatic carbocycles. The Bertz CT molecular complexity index is 869. The number of hydrogen-bond acceptors (Lipinski definition) is 4. The Morgan fingerprint density at radius 3 is 2.67 bits per heavy atom. The number of hydrogen-bond donors (Lipinski definition) is 2. The molecule has 1 aromatic carbocycles. The highest BCUT2D eigenvalue weighted by molar-refractivity contribution is 6.33. The van der Waals surface area contributed by atoms with Crippen molar-refractivity contribution >= 4 is 11.6 Å². The molecule has 0 amide bonds. The molecular formula is C14H11ClN4O2. The third kappa shape index (κ3) is 2.41. The number of benzene rings is 1. The van der Waals surface area contributed by atoms with Crippen LogP contribution in [0.5, 0.6) is 5.88 Å². The maximum atomic E-state index is 12.2. The highest BCUT2D eigenvalue weighted by atomic mass is 35.5. The molecule has 0 saturated heterocycles. The number of nitrogens with zero attached hydrogens (tertiary/aromatic N) is 3. The fraction of sp³-hybridized carbons (Fsp3) is 0.0714. The Morgan fingerprint density at radius 1 is 1.29 bits per heavy atom. The lowest BCUT2D eigenvalue weighted by Gasteiger charge is -2.06. The van der Waals surface area contributed by atoms with Gasteiger partial charge in [-0.3, -0.25) is 9.48 Å². The topological polar surface area (TPSA) is 83.8 Å². The molecule has 2 heterocycles. The van der Waals surface area contributed by atoms with Gasteiger partial charge in [-0.1, -0.05) is 29.8 Å². The zero-order valence-electron chi connectivity index (χ0n) is 11.0. The summed E-state index contributed by atoms with van der Waals surface area (Å²) >= 11 is 6.06. The van der Waals surface area contributed by atoms with Crippen LogP contribution >= 0.6 is 11.6 Å². The number of aromatic hydroxyl groups is 1. The van der Waals surface area contributed by atoms with Crippen LogP contribution in [-0.2, 0) is 7.05 Å². The summed E-state index contributed by atoms with van der Waals surface area (Å²) < 4.78 is 1.58. The average molecular weight is 303 g/mol. The van der Waals surface area contributed by atoms with Crippen molar-refractivity contribution in [1.29, 1.82) is 0 Å². The molecule has 2 aromatic heterocycles. The Balaban J connectivity index is 2.18. The third-order valence-electron chi connectivity index (χ3n) is 3.00. The molecule has 0 unspecified atom stereocenters. The number of H-pyrrole nitrogens is 1. The minimum Gasteiger partial charge on any atom is -0.493 e. The zero-order valence-corrected chi connectivity index (χ0v) is 11.8. The molecular weight excluding hydrogens is 292 g/mol. The maximum absolute atomic E-state index is 12.2. The van der Waals surface area contributed by atoms with Crippen LogP contribution in [0.3, 0.4) is 0 Å². The molecule has 0 saturated carbocycles. The molecule has 2 N–H and O–H groups in total. The van der Waals surface area contributed by atoms with Gasteiger partial charge in [0.05, 0.1) is 0 Å². The van der Waals surface area contributed by atoms with Crippen LogP contribution < -0.4 is 5.56 Å². The van der Waals surface area contributed by atoms with Crippen molar-refractivity contribution in [2.45, 2.75) is 0 Å². The molecule has 6 nitrogen and oxygen atoms in total. The minimum atomic E-state index is -0.476. The Kier molecular flexibility index (Phi) is 3.23. The summed E-state index contributed by atoms with van der Waals surface area (Å²) in [6.45, 7) is 0. The molecule has 21 heavy (non-hydrogen) atoms. The Labute approximate surface area is 124 Å². The SMILES string of the molecule is Cn1ccc(-c2nc(O)c(-c3ccccc3Cl)c(=O)[nH]2)n1. The van der Waals surface area contributed by atoms with Gasteiger partial charge >= 0.3 is 0 Å². The second-order valence-electron chi connectivity index (χ2n) is 4.47. The van der Waals surface area contributed by atoms with Gasteiger partial charge < -0.3 is 10.1 Å². The largest absolute Gasteiger partial charge is 0.493 e. The van der Waals surface area contributed by atoms with Crippen LogP contribution in [0.1, 0.15) is 0 Å². The van der Waals surface area contributed by atoms with Gasteiger partial charge in [0.25, 0.3) is 5.56 Å². The van der Waals surface area contributed by atoms with Crippen molar-refractivity contribution in [3.63, 3.8) is 0 Å². The fourth-order valence-corrected chi connectivity index (χ4v) is 2.26. The number of aromatic nitrogens is 4. The number of aromatic amines is 1. The molecule has 7 heteroatoms. The average Bonchev–Trinajstić information content (AvgIpc) is 2.87. The summed E-state index contributed by atoms with van der Waals surface area (Å²) in [6, 6.07) is 8.45. The minimum absolute atomic E-state index is 0.0419. The van der Waals surface area contributed by atoms with E-state index in [2.05, 4.69) is 15.1 Å². The van der Waals surface area contributed by atoms with E-state index in [0.29, 0.717) is 16.3 Å². The first-order valence-corrected chi connectivity index (χ1v) is 6.52. The van der Waals surface area contributed by atoms with Crippen LogP contribution in [0.2, 0.25) is 5.02 Å². The summed E-state index contributed by atoms with van der Waals surface area (Å²) in [5.41, 5.74) is 0.463. The summed E-state index contributed by atoms with van der Waals surface area (Å²) in [4.78, 5) is 18.9. The van der Waals surface area contributed by atoms with Gasteiger partial charge in [-0.25, -0.2) is 0 Å². The number of halogens is 1. The van der Waals surface area contributed by atoms with Crippen molar-refractivity contribution in [2.75, 3.05) is 0 Å². The number of aryl methyl sites for hydroxylation is 1. The zero-order chi connectivity index (χ0) is 15.0. The van der Waals surface area contributed by atoms with E-state index in [1.54, 1.807) is 48.3 Å². The van der Waals surface area contributed by atoms with Crippen molar-refractivity contribution in [1.82, 2.24) is 19.7 Å². The van der Waals surface area contributed by atoms with Gasteiger partial charge in [0.1, 0.15) is 11.3 Å². The van der Waals surface area contributed by atoms with Crippen LogP contribution in [0.25, 0.3) is 22.6 Å². The normalized spacial score (nSPS) is 10.8. The standard InChI is InChI=1S/C14H11ClN4O2/c1-19-7-6-10(18-19)12-16-13(20)11(14(21)17-12)8-4-2-3-5-9(8)15/h2-7H,1H3,(H2,16,17,20,21). The van der Waals surface area contributed by atoms with Crippen molar-refractivity contribution in [3.8, 4) is 28.5 Å². The molecule has 0 aliphatic heterocycles. The number of rotatable bonds is 2. The van der Waals surface area contributed by atoms with Gasteiger partial charge in [-0.05, 0) is 12.1 Å². The molecule has 106 valence electrons. The molecule has 0 radical (unpaired) electrons. The van der Waals surface area contributed by atoms with E-state index in [0.717, 1.165) is 0 Å². The summed E-state index contributed by atoms with van der Waals surface area (Å²) in [5, 5.41) is 14.6. The van der Waals surface area contributed by atoms with Crippen LogP contribution in [0.4, 0.5) is 0 Å². The predicted molar refractivity (Wildman–Crippen MR) is 79.2 cm³/mol. The van der Waals surface area contributed by atoms with Crippen molar-refractivity contribution in [3.05, 3.63) is 51.9 Å². The van der Waals surface area contributed by atoms with E-state index >= 15 is 0 Å². The highest BCUT2D eigenvalue weighted by Crippen LogP contribution is 2.30. The summed E-state index contributed by atoms with van der Waals surface area (Å²) in [7, 11) is 1.75. The van der Waals surface area contributed by atoms with E-state index in [-0.39, 0.29) is 17.3 Å². The highest BCUT2D eigenvalue weighted by Gasteiger charge is 2.16. The molecule has 0 aliphatic rings. The van der Waals surface area contributed by atoms with E-state index < -0.39 is 5.56 Å². The van der Waals surface area contributed by atoms with E-state index in [9.17, 15) is 9.90 Å². The van der Waals surface area contributed by atoms with E-state index in [1.807, 2.05) is 0 Å². The van der Waals surface area contributed by atoms with Crippen LogP contribution in [0.15, 0.2) is 41.3 Å². The van der Waals surface area contributed by atoms with Crippen LogP contribution in [0, 0.1) is 0 Å². The van der Waals surface area contributed by atoms with Crippen LogP contribution in [-0.4, -0.2) is 24.9 Å². The Hall–Kier alpha value is -2.60. The van der Waals surface area contributed by atoms with E-state index in [1.165, 1.54) is 0 Å². The van der Waals surface area contributed by atoms with E-state index in [4.69, 9.17) is 11.6 Å².